The lowest BCUT2D eigenvalue weighted by Crippen LogP contribution is -2.40. The maximum absolute atomic E-state index is 12.3. The fourth-order valence-electron chi connectivity index (χ4n) is 3.99. The number of carbonyl (C=O) groups is 1. The summed E-state index contributed by atoms with van der Waals surface area (Å²) in [5, 5.41) is 1.37. The van der Waals surface area contributed by atoms with E-state index in [-0.39, 0.29) is 17.7 Å². The fourth-order valence-corrected chi connectivity index (χ4v) is 4.24. The Balaban J connectivity index is 1.66. The molecule has 2 aromatic carbocycles. The lowest BCUT2D eigenvalue weighted by atomic mass is 9.92. The van der Waals surface area contributed by atoms with Gasteiger partial charge < -0.3 is 4.90 Å². The van der Waals surface area contributed by atoms with Gasteiger partial charge in [-0.05, 0) is 37.1 Å². The van der Waals surface area contributed by atoms with Crippen molar-refractivity contribution in [2.45, 2.75) is 32.6 Å². The largest absolute Gasteiger partial charge is 0.342 e. The van der Waals surface area contributed by atoms with Crippen LogP contribution in [-0.2, 0) is 4.79 Å². The highest BCUT2D eigenvalue weighted by Gasteiger charge is 2.27. The predicted octanol–water partition coefficient (Wildman–Crippen LogP) is 6.48. The van der Waals surface area contributed by atoms with Gasteiger partial charge in [-0.2, -0.15) is 0 Å². The summed E-state index contributed by atoms with van der Waals surface area (Å²) in [6.45, 7) is 5.43. The van der Waals surface area contributed by atoms with Gasteiger partial charge >= 0.3 is 0 Å². The van der Waals surface area contributed by atoms with Gasteiger partial charge in [0.05, 0.1) is 17.1 Å². The van der Waals surface area contributed by atoms with E-state index in [0.29, 0.717) is 10.0 Å². The molecule has 1 fully saturated rings. The quantitative estimate of drug-likeness (QED) is 0.453. The normalized spacial score (nSPS) is 14.8. The van der Waals surface area contributed by atoms with E-state index in [9.17, 15) is 4.79 Å². The van der Waals surface area contributed by atoms with E-state index >= 15 is 0 Å². The van der Waals surface area contributed by atoms with Crippen LogP contribution < -0.4 is 0 Å². The van der Waals surface area contributed by atoms with Gasteiger partial charge in [0.25, 0.3) is 0 Å². The van der Waals surface area contributed by atoms with Crippen LogP contribution in [0.1, 0.15) is 38.3 Å². The summed E-state index contributed by atoms with van der Waals surface area (Å²) in [5.41, 5.74) is 4.55. The van der Waals surface area contributed by atoms with Gasteiger partial charge in [-0.25, -0.2) is 4.98 Å². The molecule has 0 spiro atoms. The number of piperidine rings is 1. The van der Waals surface area contributed by atoms with E-state index in [4.69, 9.17) is 33.2 Å². The Hall–Kier alpha value is -2.43. The SMILES string of the molecule is CC(C)C(=O)N1CCC(c2cnc(-c3ccc(Cl)cc3)c(-c3ccc(Cl)cc3)n2)CC1. The molecule has 0 N–H and O–H groups in total. The van der Waals surface area contributed by atoms with E-state index in [1.807, 2.05) is 73.5 Å². The number of rotatable bonds is 4. The molecule has 2 heterocycles. The van der Waals surface area contributed by atoms with Crippen molar-refractivity contribution in [1.29, 1.82) is 0 Å². The van der Waals surface area contributed by atoms with Crippen LogP contribution in [0, 0.1) is 5.92 Å². The van der Waals surface area contributed by atoms with Gasteiger partial charge in [-0.15, -0.1) is 0 Å². The molecule has 0 saturated carbocycles. The Labute approximate surface area is 193 Å². The highest BCUT2D eigenvalue weighted by molar-refractivity contribution is 6.31. The number of halogens is 2. The molecule has 0 atom stereocenters. The molecule has 31 heavy (non-hydrogen) atoms. The Morgan fingerprint density at radius 3 is 1.94 bits per heavy atom. The first kappa shape index (κ1) is 21.8. The van der Waals surface area contributed by atoms with Crippen LogP contribution in [0.5, 0.6) is 0 Å². The molecule has 0 unspecified atom stereocenters. The average Bonchev–Trinajstić information content (AvgIpc) is 2.79. The topological polar surface area (TPSA) is 46.1 Å². The van der Waals surface area contributed by atoms with E-state index in [2.05, 4.69) is 0 Å². The summed E-state index contributed by atoms with van der Waals surface area (Å²) < 4.78 is 0. The Bertz CT molecular complexity index is 1060. The first-order valence-electron chi connectivity index (χ1n) is 10.6. The van der Waals surface area contributed by atoms with Crippen LogP contribution in [0.4, 0.5) is 0 Å². The number of likely N-dealkylation sites (tertiary alicyclic amines) is 1. The summed E-state index contributed by atoms with van der Waals surface area (Å²) in [6.07, 6.45) is 3.68. The first-order chi connectivity index (χ1) is 14.9. The van der Waals surface area contributed by atoms with Gasteiger partial charge in [0.15, 0.2) is 0 Å². The summed E-state index contributed by atoms with van der Waals surface area (Å²) in [4.78, 5) is 24.2. The van der Waals surface area contributed by atoms with Crippen LogP contribution in [0.2, 0.25) is 10.0 Å². The highest BCUT2D eigenvalue weighted by atomic mass is 35.5. The molecule has 6 heteroatoms. The Kier molecular flexibility index (Phi) is 6.59. The molecule has 1 amide bonds. The summed E-state index contributed by atoms with van der Waals surface area (Å²) >= 11 is 12.2. The number of aromatic nitrogens is 2. The van der Waals surface area contributed by atoms with Crippen molar-refractivity contribution in [2.75, 3.05) is 13.1 Å². The van der Waals surface area contributed by atoms with Crippen molar-refractivity contribution < 1.29 is 4.79 Å². The zero-order valence-electron chi connectivity index (χ0n) is 17.7. The third-order valence-electron chi connectivity index (χ3n) is 5.75. The maximum atomic E-state index is 12.3. The average molecular weight is 454 g/mol. The molecule has 0 aliphatic carbocycles. The summed E-state index contributed by atoms with van der Waals surface area (Å²) in [5.74, 6) is 0.546. The van der Waals surface area contributed by atoms with E-state index < -0.39 is 0 Å². The lowest BCUT2D eigenvalue weighted by molar-refractivity contribution is -0.135. The minimum Gasteiger partial charge on any atom is -0.342 e. The van der Waals surface area contributed by atoms with Crippen molar-refractivity contribution >= 4 is 29.1 Å². The lowest BCUT2D eigenvalue weighted by Gasteiger charge is -2.33. The molecule has 4 rings (SSSR count). The van der Waals surface area contributed by atoms with Gasteiger partial charge in [0.1, 0.15) is 0 Å². The molecule has 1 aromatic heterocycles. The number of benzene rings is 2. The van der Waals surface area contributed by atoms with E-state index in [1.165, 1.54) is 0 Å². The predicted molar refractivity (Wildman–Crippen MR) is 126 cm³/mol. The number of nitrogens with zero attached hydrogens (tertiary/aromatic N) is 3. The van der Waals surface area contributed by atoms with Crippen molar-refractivity contribution in [3.63, 3.8) is 0 Å². The van der Waals surface area contributed by atoms with Crippen LogP contribution in [0.25, 0.3) is 22.5 Å². The van der Waals surface area contributed by atoms with Crippen molar-refractivity contribution in [1.82, 2.24) is 14.9 Å². The second-order valence-electron chi connectivity index (χ2n) is 8.26. The Morgan fingerprint density at radius 2 is 1.42 bits per heavy atom. The first-order valence-corrected chi connectivity index (χ1v) is 11.4. The third kappa shape index (κ3) is 4.91. The van der Waals surface area contributed by atoms with Gasteiger partial charge in [0.2, 0.25) is 5.91 Å². The second-order valence-corrected chi connectivity index (χ2v) is 9.13. The van der Waals surface area contributed by atoms with Crippen LogP contribution in [0.15, 0.2) is 54.7 Å². The molecule has 0 radical (unpaired) electrons. The third-order valence-corrected chi connectivity index (χ3v) is 6.25. The van der Waals surface area contributed by atoms with Crippen LogP contribution in [-0.4, -0.2) is 33.9 Å². The molecular formula is C25H25Cl2N3O. The molecule has 3 aromatic rings. The zero-order chi connectivity index (χ0) is 22.0. The monoisotopic (exact) mass is 453 g/mol. The minimum absolute atomic E-state index is 0.0338. The van der Waals surface area contributed by atoms with E-state index in [0.717, 1.165) is 54.1 Å². The summed E-state index contributed by atoms with van der Waals surface area (Å²) in [7, 11) is 0. The number of amides is 1. The van der Waals surface area contributed by atoms with Crippen LogP contribution >= 0.6 is 23.2 Å². The van der Waals surface area contributed by atoms with Crippen molar-refractivity contribution in [3.8, 4) is 22.5 Å². The van der Waals surface area contributed by atoms with Crippen molar-refractivity contribution in [2.24, 2.45) is 5.92 Å². The molecular weight excluding hydrogens is 429 g/mol. The molecule has 1 aliphatic rings. The molecule has 0 bridgehead atoms. The van der Waals surface area contributed by atoms with E-state index in [1.54, 1.807) is 0 Å². The standard InChI is InChI=1S/C25H25Cl2N3O/c1-16(2)25(31)30-13-11-17(12-14-30)22-15-28-23(18-3-7-20(26)8-4-18)24(29-22)19-5-9-21(27)10-6-19/h3-10,15-17H,11-14H2,1-2H3. The van der Waals surface area contributed by atoms with Crippen molar-refractivity contribution in [3.05, 3.63) is 70.5 Å². The maximum Gasteiger partial charge on any atom is 0.225 e. The highest BCUT2D eigenvalue weighted by Crippen LogP contribution is 2.34. The molecule has 4 nitrogen and oxygen atoms in total. The van der Waals surface area contributed by atoms with Gasteiger partial charge in [0, 0.05) is 52.3 Å². The zero-order valence-corrected chi connectivity index (χ0v) is 19.2. The number of hydrogen-bond acceptors (Lipinski definition) is 3. The smallest absolute Gasteiger partial charge is 0.225 e. The second kappa shape index (κ2) is 9.37. The van der Waals surface area contributed by atoms with Gasteiger partial charge in [-0.1, -0.05) is 61.3 Å². The molecule has 1 aliphatic heterocycles. The fraction of sp³-hybridized carbons (Fsp3) is 0.320. The Morgan fingerprint density at radius 1 is 0.903 bits per heavy atom. The van der Waals surface area contributed by atoms with Crippen LogP contribution in [0.3, 0.4) is 0 Å². The summed E-state index contributed by atoms with van der Waals surface area (Å²) in [6, 6.07) is 15.3. The number of carbonyl (C=O) groups excluding carboxylic acids is 1. The van der Waals surface area contributed by atoms with Gasteiger partial charge in [-0.3, -0.25) is 9.78 Å². The number of hydrogen-bond donors (Lipinski definition) is 0. The molecule has 1 saturated heterocycles. The minimum atomic E-state index is 0.0338. The molecule has 160 valence electrons.